The van der Waals surface area contributed by atoms with E-state index in [1.165, 1.54) is 5.39 Å². The van der Waals surface area contributed by atoms with Crippen molar-refractivity contribution in [3.8, 4) is 5.75 Å². The molecule has 1 atom stereocenters. The van der Waals surface area contributed by atoms with Crippen LogP contribution in [0.4, 0.5) is 0 Å². The predicted molar refractivity (Wildman–Crippen MR) is 101 cm³/mol. The smallest absolute Gasteiger partial charge is 0.260 e. The van der Waals surface area contributed by atoms with Gasteiger partial charge in [-0.2, -0.15) is 0 Å². The standard InChI is InChI=1S/C21H26N2O3/c24-21(16-26-20-7-6-17-4-1-2-5-18(17)14-20)23-10-3-9-22(11-12-23)19-8-13-25-15-19/h1-2,4-7,14,19H,3,8-13,15-16H2. The zero-order valence-corrected chi connectivity index (χ0v) is 15.1. The molecule has 4 rings (SSSR count). The molecule has 0 bridgehead atoms. The summed E-state index contributed by atoms with van der Waals surface area (Å²) < 4.78 is 11.3. The highest BCUT2D eigenvalue weighted by Gasteiger charge is 2.26. The molecular weight excluding hydrogens is 328 g/mol. The van der Waals surface area contributed by atoms with Crippen LogP contribution < -0.4 is 4.74 Å². The van der Waals surface area contributed by atoms with Crippen molar-refractivity contribution in [1.29, 1.82) is 0 Å². The molecule has 5 nitrogen and oxygen atoms in total. The highest BCUT2D eigenvalue weighted by atomic mass is 16.5. The van der Waals surface area contributed by atoms with Crippen LogP contribution in [0.15, 0.2) is 42.5 Å². The first-order valence-corrected chi connectivity index (χ1v) is 9.51. The summed E-state index contributed by atoms with van der Waals surface area (Å²) in [6.45, 7) is 5.35. The molecule has 138 valence electrons. The first kappa shape index (κ1) is 17.3. The van der Waals surface area contributed by atoms with Crippen molar-refractivity contribution in [3.05, 3.63) is 42.5 Å². The molecule has 0 spiro atoms. The number of nitrogens with zero attached hydrogens (tertiary/aromatic N) is 2. The number of benzene rings is 2. The van der Waals surface area contributed by atoms with Crippen molar-refractivity contribution < 1.29 is 14.3 Å². The molecule has 2 fully saturated rings. The third-order valence-corrected chi connectivity index (χ3v) is 5.39. The minimum absolute atomic E-state index is 0.0719. The summed E-state index contributed by atoms with van der Waals surface area (Å²) in [4.78, 5) is 17.0. The molecule has 2 saturated heterocycles. The molecule has 2 aromatic rings. The Morgan fingerprint density at radius 1 is 1.08 bits per heavy atom. The fourth-order valence-corrected chi connectivity index (χ4v) is 3.86. The lowest BCUT2D eigenvalue weighted by Crippen LogP contribution is -2.41. The van der Waals surface area contributed by atoms with Crippen molar-refractivity contribution >= 4 is 16.7 Å². The van der Waals surface area contributed by atoms with E-state index in [1.807, 2.05) is 35.2 Å². The number of ether oxygens (including phenoxy) is 2. The van der Waals surface area contributed by atoms with Crippen LogP contribution in [0.3, 0.4) is 0 Å². The first-order chi connectivity index (χ1) is 12.8. The third kappa shape index (κ3) is 4.00. The van der Waals surface area contributed by atoms with E-state index in [2.05, 4.69) is 17.0 Å². The second kappa shape index (κ2) is 8.06. The maximum Gasteiger partial charge on any atom is 0.260 e. The number of hydrogen-bond acceptors (Lipinski definition) is 4. The Morgan fingerprint density at radius 2 is 1.96 bits per heavy atom. The van der Waals surface area contributed by atoms with E-state index in [-0.39, 0.29) is 12.5 Å². The lowest BCUT2D eigenvalue weighted by molar-refractivity contribution is -0.133. The van der Waals surface area contributed by atoms with E-state index >= 15 is 0 Å². The van der Waals surface area contributed by atoms with Crippen molar-refractivity contribution in [2.75, 3.05) is 46.0 Å². The molecule has 1 unspecified atom stereocenters. The summed E-state index contributed by atoms with van der Waals surface area (Å²) in [7, 11) is 0. The van der Waals surface area contributed by atoms with Gasteiger partial charge in [0, 0.05) is 38.8 Å². The first-order valence-electron chi connectivity index (χ1n) is 9.51. The lowest BCUT2D eigenvalue weighted by Gasteiger charge is -2.26. The van der Waals surface area contributed by atoms with Gasteiger partial charge in [0.05, 0.1) is 6.61 Å². The molecule has 2 aliphatic heterocycles. The maximum absolute atomic E-state index is 12.6. The molecule has 0 aromatic heterocycles. The number of fused-ring (bicyclic) bond motifs is 1. The van der Waals surface area contributed by atoms with Gasteiger partial charge in [0.25, 0.3) is 5.91 Å². The van der Waals surface area contributed by atoms with Gasteiger partial charge in [-0.3, -0.25) is 9.69 Å². The van der Waals surface area contributed by atoms with Crippen LogP contribution in [0.25, 0.3) is 10.8 Å². The zero-order valence-electron chi connectivity index (χ0n) is 15.1. The van der Waals surface area contributed by atoms with Gasteiger partial charge >= 0.3 is 0 Å². The number of carbonyl (C=O) groups is 1. The molecule has 26 heavy (non-hydrogen) atoms. The summed E-state index contributed by atoms with van der Waals surface area (Å²) >= 11 is 0. The van der Waals surface area contributed by atoms with Crippen LogP contribution in [0.1, 0.15) is 12.8 Å². The van der Waals surface area contributed by atoms with E-state index < -0.39 is 0 Å². The minimum atomic E-state index is 0.0719. The quantitative estimate of drug-likeness (QED) is 0.846. The lowest BCUT2D eigenvalue weighted by atomic mass is 10.1. The van der Waals surface area contributed by atoms with Crippen LogP contribution in [0.2, 0.25) is 0 Å². The van der Waals surface area contributed by atoms with E-state index in [0.717, 1.165) is 63.4 Å². The third-order valence-electron chi connectivity index (χ3n) is 5.39. The van der Waals surface area contributed by atoms with Gasteiger partial charge in [-0.05, 0) is 35.7 Å². The Kier molecular flexibility index (Phi) is 5.37. The largest absolute Gasteiger partial charge is 0.484 e. The molecular formula is C21H26N2O3. The summed E-state index contributed by atoms with van der Waals surface area (Å²) in [6.07, 6.45) is 2.12. The van der Waals surface area contributed by atoms with Gasteiger partial charge < -0.3 is 14.4 Å². The summed E-state index contributed by atoms with van der Waals surface area (Å²) in [6, 6.07) is 14.6. The zero-order chi connectivity index (χ0) is 17.8. The van der Waals surface area contributed by atoms with Crippen molar-refractivity contribution in [3.63, 3.8) is 0 Å². The van der Waals surface area contributed by atoms with Crippen LogP contribution in [0.5, 0.6) is 5.75 Å². The van der Waals surface area contributed by atoms with E-state index in [0.29, 0.717) is 6.04 Å². The minimum Gasteiger partial charge on any atom is -0.484 e. The van der Waals surface area contributed by atoms with Crippen molar-refractivity contribution in [2.24, 2.45) is 0 Å². The summed E-state index contributed by atoms with van der Waals surface area (Å²) in [5.41, 5.74) is 0. The van der Waals surface area contributed by atoms with Crippen LogP contribution in [0, 0.1) is 0 Å². The summed E-state index contributed by atoms with van der Waals surface area (Å²) in [5, 5.41) is 2.30. The molecule has 0 radical (unpaired) electrons. The number of rotatable bonds is 4. The van der Waals surface area contributed by atoms with Gasteiger partial charge in [0.2, 0.25) is 0 Å². The van der Waals surface area contributed by atoms with Crippen molar-refractivity contribution in [2.45, 2.75) is 18.9 Å². The monoisotopic (exact) mass is 354 g/mol. The second-order valence-electron chi connectivity index (χ2n) is 7.09. The topological polar surface area (TPSA) is 42.0 Å². The average molecular weight is 354 g/mol. The Hall–Kier alpha value is -2.11. The van der Waals surface area contributed by atoms with Gasteiger partial charge in [-0.15, -0.1) is 0 Å². The van der Waals surface area contributed by atoms with Crippen LogP contribution in [-0.2, 0) is 9.53 Å². The van der Waals surface area contributed by atoms with Gasteiger partial charge in [0.15, 0.2) is 6.61 Å². The maximum atomic E-state index is 12.6. The van der Waals surface area contributed by atoms with Gasteiger partial charge in [0.1, 0.15) is 5.75 Å². The van der Waals surface area contributed by atoms with Gasteiger partial charge in [-0.25, -0.2) is 0 Å². The Balaban J connectivity index is 1.31. The fourth-order valence-electron chi connectivity index (χ4n) is 3.86. The summed E-state index contributed by atoms with van der Waals surface area (Å²) in [5.74, 6) is 0.819. The molecule has 0 aliphatic carbocycles. The van der Waals surface area contributed by atoms with Gasteiger partial charge in [-0.1, -0.05) is 30.3 Å². The highest BCUT2D eigenvalue weighted by Crippen LogP contribution is 2.21. The molecule has 5 heteroatoms. The molecule has 2 heterocycles. The molecule has 2 aliphatic rings. The fraction of sp³-hybridized carbons (Fsp3) is 0.476. The molecule has 0 saturated carbocycles. The normalized spacial score (nSPS) is 21.7. The van der Waals surface area contributed by atoms with E-state index in [1.54, 1.807) is 0 Å². The van der Waals surface area contributed by atoms with Crippen LogP contribution in [-0.4, -0.2) is 67.7 Å². The number of carbonyl (C=O) groups excluding carboxylic acids is 1. The SMILES string of the molecule is O=C(COc1ccc2ccccc2c1)N1CCCN(C2CCOC2)CC1. The Labute approximate surface area is 154 Å². The second-order valence-corrected chi connectivity index (χ2v) is 7.09. The van der Waals surface area contributed by atoms with E-state index in [4.69, 9.17) is 9.47 Å². The number of amides is 1. The average Bonchev–Trinajstić information content (AvgIpc) is 3.10. The Morgan fingerprint density at radius 3 is 2.81 bits per heavy atom. The Bertz CT molecular complexity index is 758. The van der Waals surface area contributed by atoms with Crippen LogP contribution >= 0.6 is 0 Å². The highest BCUT2D eigenvalue weighted by molar-refractivity contribution is 5.84. The molecule has 2 aromatic carbocycles. The molecule has 1 amide bonds. The van der Waals surface area contributed by atoms with Crippen molar-refractivity contribution in [1.82, 2.24) is 9.80 Å². The molecule has 0 N–H and O–H groups in total. The number of hydrogen-bond donors (Lipinski definition) is 0. The van der Waals surface area contributed by atoms with E-state index in [9.17, 15) is 4.79 Å². The predicted octanol–water partition coefficient (Wildman–Crippen LogP) is 2.54.